The highest BCUT2D eigenvalue weighted by molar-refractivity contribution is 5.43. The third kappa shape index (κ3) is 5.15. The fourth-order valence-corrected chi connectivity index (χ4v) is 2.28. The van der Waals surface area contributed by atoms with Crippen LogP contribution >= 0.6 is 0 Å². The maximum absolute atomic E-state index is 5.77. The number of ether oxygens (including phenoxy) is 2. The molecule has 0 aliphatic rings. The maximum Gasteiger partial charge on any atom is 0.161 e. The first-order chi connectivity index (χ1) is 11.1. The lowest BCUT2D eigenvalue weighted by Gasteiger charge is -2.16. The zero-order valence-electron chi connectivity index (χ0n) is 14.1. The summed E-state index contributed by atoms with van der Waals surface area (Å²) < 4.78 is 11.1. The van der Waals surface area contributed by atoms with Crippen LogP contribution in [0.4, 0.5) is 0 Å². The Morgan fingerprint density at radius 2 is 1.87 bits per heavy atom. The first kappa shape index (κ1) is 17.1. The molecule has 0 aromatic heterocycles. The molecule has 2 aromatic rings. The van der Waals surface area contributed by atoms with E-state index in [4.69, 9.17) is 9.47 Å². The smallest absolute Gasteiger partial charge is 0.161 e. The molecular weight excluding hydrogens is 286 g/mol. The molecule has 3 heteroatoms. The molecule has 0 bridgehead atoms. The van der Waals surface area contributed by atoms with Crippen LogP contribution in [-0.4, -0.2) is 13.7 Å². The normalized spacial score (nSPS) is 11.8. The lowest BCUT2D eigenvalue weighted by molar-refractivity contribution is 0.319. The number of rotatable bonds is 8. The molecule has 0 saturated heterocycles. The molecule has 0 spiro atoms. The highest BCUT2D eigenvalue weighted by Crippen LogP contribution is 2.28. The molecule has 0 saturated carbocycles. The summed E-state index contributed by atoms with van der Waals surface area (Å²) in [7, 11) is 1.65. The minimum Gasteiger partial charge on any atom is -0.493 e. The maximum atomic E-state index is 5.77. The molecule has 0 amide bonds. The minimum atomic E-state index is 0.290. The summed E-state index contributed by atoms with van der Waals surface area (Å²) in [5, 5.41) is 3.53. The van der Waals surface area contributed by atoms with Gasteiger partial charge in [-0.3, -0.25) is 0 Å². The Labute approximate surface area is 138 Å². The first-order valence-electron chi connectivity index (χ1n) is 7.82. The van der Waals surface area contributed by atoms with Crippen LogP contribution in [0.2, 0.25) is 0 Å². The van der Waals surface area contributed by atoms with Gasteiger partial charge in [-0.25, -0.2) is 0 Å². The molecule has 0 aliphatic carbocycles. The fourth-order valence-electron chi connectivity index (χ4n) is 2.28. The lowest BCUT2D eigenvalue weighted by Crippen LogP contribution is -2.18. The van der Waals surface area contributed by atoms with Crippen molar-refractivity contribution in [1.82, 2.24) is 5.32 Å². The van der Waals surface area contributed by atoms with E-state index in [1.807, 2.05) is 25.1 Å². The number of nitrogens with one attached hydrogen (secondary N) is 1. The predicted octanol–water partition coefficient (Wildman–Crippen LogP) is 4.50. The highest BCUT2D eigenvalue weighted by atomic mass is 16.5. The van der Waals surface area contributed by atoms with Crippen molar-refractivity contribution in [1.29, 1.82) is 0 Å². The summed E-state index contributed by atoms with van der Waals surface area (Å²) in [6, 6.07) is 16.7. The summed E-state index contributed by atoms with van der Waals surface area (Å²) >= 11 is 0. The number of hydrogen-bond acceptors (Lipinski definition) is 3. The van der Waals surface area contributed by atoms with Gasteiger partial charge in [0.05, 0.1) is 7.11 Å². The molecular formula is C20H25NO2. The number of benzene rings is 2. The van der Waals surface area contributed by atoms with Crippen molar-refractivity contribution in [3.8, 4) is 11.5 Å². The molecule has 2 aromatic carbocycles. The molecule has 1 atom stereocenters. The molecule has 2 rings (SSSR count). The van der Waals surface area contributed by atoms with Gasteiger partial charge in [0.15, 0.2) is 11.5 Å². The van der Waals surface area contributed by atoms with Gasteiger partial charge in [0.1, 0.15) is 6.61 Å². The summed E-state index contributed by atoms with van der Waals surface area (Å²) in [6.07, 6.45) is 0. The SMILES string of the molecule is C=C(C)COc1cc(CNC(C)c2ccccc2)ccc1OC. The molecule has 23 heavy (non-hydrogen) atoms. The van der Waals surface area contributed by atoms with Crippen molar-refractivity contribution in [3.05, 3.63) is 71.8 Å². The molecule has 0 aliphatic heterocycles. The van der Waals surface area contributed by atoms with Gasteiger partial charge < -0.3 is 14.8 Å². The van der Waals surface area contributed by atoms with Gasteiger partial charge in [0.25, 0.3) is 0 Å². The van der Waals surface area contributed by atoms with E-state index < -0.39 is 0 Å². The van der Waals surface area contributed by atoms with Crippen LogP contribution in [0.3, 0.4) is 0 Å². The molecule has 0 radical (unpaired) electrons. The van der Waals surface area contributed by atoms with Crippen LogP contribution < -0.4 is 14.8 Å². The van der Waals surface area contributed by atoms with Crippen LogP contribution in [0.25, 0.3) is 0 Å². The highest BCUT2D eigenvalue weighted by Gasteiger charge is 2.08. The van der Waals surface area contributed by atoms with Gasteiger partial charge in [0, 0.05) is 12.6 Å². The lowest BCUT2D eigenvalue weighted by atomic mass is 10.1. The average molecular weight is 311 g/mol. The standard InChI is InChI=1S/C20H25NO2/c1-15(2)14-23-20-12-17(10-11-19(20)22-4)13-21-16(3)18-8-6-5-7-9-18/h5-12,16,21H,1,13-14H2,2-4H3. The Kier molecular flexibility index (Phi) is 6.24. The van der Waals surface area contributed by atoms with Gasteiger partial charge in [-0.15, -0.1) is 0 Å². The van der Waals surface area contributed by atoms with Crippen LogP contribution in [0.15, 0.2) is 60.7 Å². The summed E-state index contributed by atoms with van der Waals surface area (Å²) in [6.45, 7) is 9.23. The van der Waals surface area contributed by atoms with E-state index in [1.54, 1.807) is 7.11 Å². The molecule has 122 valence electrons. The van der Waals surface area contributed by atoms with E-state index in [0.717, 1.165) is 29.2 Å². The van der Waals surface area contributed by atoms with Crippen molar-refractivity contribution < 1.29 is 9.47 Å². The minimum absolute atomic E-state index is 0.290. The average Bonchev–Trinajstić information content (AvgIpc) is 2.58. The Balaban J connectivity index is 2.02. The molecule has 0 fully saturated rings. The van der Waals surface area contributed by atoms with Crippen molar-refractivity contribution in [2.75, 3.05) is 13.7 Å². The monoisotopic (exact) mass is 311 g/mol. The second-order valence-electron chi connectivity index (χ2n) is 5.74. The van der Waals surface area contributed by atoms with E-state index in [2.05, 4.69) is 49.2 Å². The van der Waals surface area contributed by atoms with E-state index in [0.29, 0.717) is 6.61 Å². The van der Waals surface area contributed by atoms with Gasteiger partial charge in [-0.05, 0) is 42.7 Å². The number of hydrogen-bond donors (Lipinski definition) is 1. The summed E-state index contributed by atoms with van der Waals surface area (Å²) in [5.41, 5.74) is 3.42. The quantitative estimate of drug-likeness (QED) is 0.728. The largest absolute Gasteiger partial charge is 0.493 e. The van der Waals surface area contributed by atoms with Gasteiger partial charge >= 0.3 is 0 Å². The van der Waals surface area contributed by atoms with Crippen LogP contribution in [-0.2, 0) is 6.54 Å². The molecule has 1 unspecified atom stereocenters. The third-order valence-electron chi connectivity index (χ3n) is 3.61. The van der Waals surface area contributed by atoms with Gasteiger partial charge in [0.2, 0.25) is 0 Å². The third-order valence-corrected chi connectivity index (χ3v) is 3.61. The van der Waals surface area contributed by atoms with E-state index in [9.17, 15) is 0 Å². The van der Waals surface area contributed by atoms with Crippen molar-refractivity contribution >= 4 is 0 Å². The second kappa shape index (κ2) is 8.39. The fraction of sp³-hybridized carbons (Fsp3) is 0.300. The van der Waals surface area contributed by atoms with Gasteiger partial charge in [-0.1, -0.05) is 43.0 Å². The van der Waals surface area contributed by atoms with Crippen molar-refractivity contribution in [2.45, 2.75) is 26.4 Å². The second-order valence-corrected chi connectivity index (χ2v) is 5.74. The van der Waals surface area contributed by atoms with Crippen LogP contribution in [0.5, 0.6) is 11.5 Å². The van der Waals surface area contributed by atoms with Crippen LogP contribution in [0, 0.1) is 0 Å². The predicted molar refractivity (Wildman–Crippen MR) is 95.0 cm³/mol. The van der Waals surface area contributed by atoms with E-state index >= 15 is 0 Å². The zero-order chi connectivity index (χ0) is 16.7. The Morgan fingerprint density at radius 3 is 2.52 bits per heavy atom. The molecule has 0 heterocycles. The summed E-state index contributed by atoms with van der Waals surface area (Å²) in [4.78, 5) is 0. The van der Waals surface area contributed by atoms with Crippen molar-refractivity contribution in [3.63, 3.8) is 0 Å². The Bertz CT molecular complexity index is 637. The number of methoxy groups -OCH3 is 1. The zero-order valence-corrected chi connectivity index (χ0v) is 14.1. The molecule has 1 N–H and O–H groups in total. The molecule has 3 nitrogen and oxygen atoms in total. The topological polar surface area (TPSA) is 30.5 Å². The van der Waals surface area contributed by atoms with Crippen LogP contribution in [0.1, 0.15) is 31.0 Å². The first-order valence-corrected chi connectivity index (χ1v) is 7.82. The van der Waals surface area contributed by atoms with E-state index in [1.165, 1.54) is 5.56 Å². The Morgan fingerprint density at radius 1 is 1.13 bits per heavy atom. The van der Waals surface area contributed by atoms with Gasteiger partial charge in [-0.2, -0.15) is 0 Å². The van der Waals surface area contributed by atoms with E-state index in [-0.39, 0.29) is 6.04 Å². The Hall–Kier alpha value is -2.26. The van der Waals surface area contributed by atoms with Crippen molar-refractivity contribution in [2.24, 2.45) is 0 Å². The summed E-state index contributed by atoms with van der Waals surface area (Å²) in [5.74, 6) is 1.49.